The summed E-state index contributed by atoms with van der Waals surface area (Å²) < 4.78 is 0. The van der Waals surface area contributed by atoms with Gasteiger partial charge in [-0.25, -0.2) is 0 Å². The molecule has 0 aromatic heterocycles. The SMILES string of the molecule is O=C(O)CCCN1CCN(c2ccc(C3CCC(=O)NC3=O)cc2)CC1. The molecular weight excluding hydrogens is 334 g/mol. The van der Waals surface area contributed by atoms with Crippen LogP contribution in [-0.2, 0) is 14.4 Å². The van der Waals surface area contributed by atoms with E-state index < -0.39 is 5.97 Å². The molecule has 2 N–H and O–H groups in total. The van der Waals surface area contributed by atoms with Gasteiger partial charge in [0.2, 0.25) is 11.8 Å². The van der Waals surface area contributed by atoms with Crippen LogP contribution in [0.2, 0.25) is 0 Å². The summed E-state index contributed by atoms with van der Waals surface area (Å²) >= 11 is 0. The number of hydrogen-bond acceptors (Lipinski definition) is 5. The zero-order chi connectivity index (χ0) is 18.5. The van der Waals surface area contributed by atoms with Crippen LogP contribution in [0.5, 0.6) is 0 Å². The molecule has 1 aromatic carbocycles. The summed E-state index contributed by atoms with van der Waals surface area (Å²) in [6.45, 7) is 4.49. The highest BCUT2D eigenvalue weighted by Gasteiger charge is 2.28. The Morgan fingerprint density at radius 2 is 1.81 bits per heavy atom. The molecule has 7 heteroatoms. The molecule has 7 nitrogen and oxygen atoms in total. The Labute approximate surface area is 153 Å². The zero-order valence-electron chi connectivity index (χ0n) is 14.8. The Hall–Kier alpha value is -2.41. The molecule has 1 atom stereocenters. The van der Waals surface area contributed by atoms with Crippen LogP contribution in [0.4, 0.5) is 5.69 Å². The third kappa shape index (κ3) is 4.60. The second-order valence-corrected chi connectivity index (χ2v) is 6.92. The average molecular weight is 359 g/mol. The van der Waals surface area contributed by atoms with Crippen LogP contribution in [0.15, 0.2) is 24.3 Å². The molecule has 1 unspecified atom stereocenters. The van der Waals surface area contributed by atoms with Gasteiger partial charge in [0.25, 0.3) is 0 Å². The molecule has 0 radical (unpaired) electrons. The van der Waals surface area contributed by atoms with E-state index in [0.717, 1.165) is 44.0 Å². The van der Waals surface area contributed by atoms with Gasteiger partial charge in [-0.05, 0) is 37.1 Å². The van der Waals surface area contributed by atoms with Crippen molar-refractivity contribution in [3.05, 3.63) is 29.8 Å². The number of imide groups is 1. The zero-order valence-corrected chi connectivity index (χ0v) is 14.8. The number of piperidine rings is 1. The Balaban J connectivity index is 1.51. The van der Waals surface area contributed by atoms with Crippen LogP contribution in [-0.4, -0.2) is 60.5 Å². The molecule has 2 aliphatic rings. The number of nitrogens with one attached hydrogen (secondary N) is 1. The number of anilines is 1. The van der Waals surface area contributed by atoms with E-state index in [1.54, 1.807) is 0 Å². The highest BCUT2D eigenvalue weighted by Crippen LogP contribution is 2.27. The minimum Gasteiger partial charge on any atom is -0.481 e. The fourth-order valence-corrected chi connectivity index (χ4v) is 3.61. The molecule has 2 saturated heterocycles. The van der Waals surface area contributed by atoms with Gasteiger partial charge in [0.1, 0.15) is 0 Å². The van der Waals surface area contributed by atoms with Gasteiger partial charge in [0.05, 0.1) is 5.92 Å². The van der Waals surface area contributed by atoms with Crippen LogP contribution in [0.1, 0.15) is 37.2 Å². The smallest absolute Gasteiger partial charge is 0.303 e. The van der Waals surface area contributed by atoms with Crippen molar-refractivity contribution in [1.82, 2.24) is 10.2 Å². The minimum atomic E-state index is -0.736. The average Bonchev–Trinajstić information content (AvgIpc) is 2.62. The number of carboxylic acids is 1. The third-order valence-corrected chi connectivity index (χ3v) is 5.14. The second kappa shape index (κ2) is 8.31. The highest BCUT2D eigenvalue weighted by molar-refractivity contribution is 6.00. The lowest BCUT2D eigenvalue weighted by atomic mass is 9.90. The van der Waals surface area contributed by atoms with Crippen LogP contribution < -0.4 is 10.2 Å². The molecule has 2 amide bonds. The Morgan fingerprint density at radius 1 is 1.12 bits per heavy atom. The predicted molar refractivity (Wildman–Crippen MR) is 97.1 cm³/mol. The molecule has 0 bridgehead atoms. The molecule has 2 heterocycles. The third-order valence-electron chi connectivity index (χ3n) is 5.14. The van der Waals surface area contributed by atoms with Gasteiger partial charge < -0.3 is 10.0 Å². The molecule has 140 valence electrons. The molecule has 0 aliphatic carbocycles. The maximum absolute atomic E-state index is 12.0. The summed E-state index contributed by atoms with van der Waals surface area (Å²) in [6, 6.07) is 8.04. The van der Waals surface area contributed by atoms with E-state index in [9.17, 15) is 14.4 Å². The lowest BCUT2D eigenvalue weighted by Crippen LogP contribution is -2.46. The van der Waals surface area contributed by atoms with Gasteiger partial charge in [0, 0.05) is 44.7 Å². The number of rotatable bonds is 6. The predicted octanol–water partition coefficient (Wildman–Crippen LogP) is 1.19. The first-order valence-electron chi connectivity index (χ1n) is 9.15. The van der Waals surface area contributed by atoms with Gasteiger partial charge >= 0.3 is 5.97 Å². The van der Waals surface area contributed by atoms with Crippen molar-refractivity contribution in [2.24, 2.45) is 0 Å². The summed E-state index contributed by atoms with van der Waals surface area (Å²) in [7, 11) is 0. The van der Waals surface area contributed by atoms with Crippen LogP contribution in [0.25, 0.3) is 0 Å². The number of amides is 2. The van der Waals surface area contributed by atoms with E-state index in [4.69, 9.17) is 5.11 Å². The maximum Gasteiger partial charge on any atom is 0.303 e. The Kier molecular flexibility index (Phi) is 5.88. The highest BCUT2D eigenvalue weighted by atomic mass is 16.4. The summed E-state index contributed by atoms with van der Waals surface area (Å²) in [4.78, 5) is 38.4. The summed E-state index contributed by atoms with van der Waals surface area (Å²) in [6.07, 6.45) is 1.87. The van der Waals surface area contributed by atoms with Crippen molar-refractivity contribution in [1.29, 1.82) is 0 Å². The quantitative estimate of drug-likeness (QED) is 0.742. The topological polar surface area (TPSA) is 89.9 Å². The van der Waals surface area contributed by atoms with Crippen LogP contribution in [0, 0.1) is 0 Å². The van der Waals surface area contributed by atoms with Crippen molar-refractivity contribution in [2.45, 2.75) is 31.6 Å². The van der Waals surface area contributed by atoms with E-state index in [-0.39, 0.29) is 24.2 Å². The van der Waals surface area contributed by atoms with E-state index in [2.05, 4.69) is 15.1 Å². The minimum absolute atomic E-state index is 0.191. The van der Waals surface area contributed by atoms with Crippen LogP contribution >= 0.6 is 0 Å². The Morgan fingerprint density at radius 3 is 2.42 bits per heavy atom. The molecule has 2 aliphatic heterocycles. The molecule has 2 fully saturated rings. The van der Waals surface area contributed by atoms with E-state index in [0.29, 0.717) is 19.3 Å². The fourth-order valence-electron chi connectivity index (χ4n) is 3.61. The summed E-state index contributed by atoms with van der Waals surface area (Å²) in [5, 5.41) is 11.1. The number of hydrogen-bond donors (Lipinski definition) is 2. The molecular formula is C19H25N3O4. The number of piperazine rings is 1. The number of carbonyl (C=O) groups is 3. The van der Waals surface area contributed by atoms with Gasteiger partial charge in [-0.1, -0.05) is 12.1 Å². The van der Waals surface area contributed by atoms with Crippen molar-refractivity contribution in [3.8, 4) is 0 Å². The molecule has 3 rings (SSSR count). The number of carbonyl (C=O) groups excluding carboxylic acids is 2. The van der Waals surface area contributed by atoms with Gasteiger partial charge in [-0.2, -0.15) is 0 Å². The van der Waals surface area contributed by atoms with Crippen molar-refractivity contribution >= 4 is 23.5 Å². The number of benzene rings is 1. The molecule has 0 saturated carbocycles. The summed E-state index contributed by atoms with van der Waals surface area (Å²) in [5.74, 6) is -1.37. The number of aliphatic carboxylic acids is 1. The lowest BCUT2D eigenvalue weighted by molar-refractivity contribution is -0.137. The number of nitrogens with zero attached hydrogens (tertiary/aromatic N) is 2. The first-order chi connectivity index (χ1) is 12.5. The van der Waals surface area contributed by atoms with Crippen molar-refractivity contribution in [2.75, 3.05) is 37.6 Å². The molecule has 1 aromatic rings. The largest absolute Gasteiger partial charge is 0.481 e. The number of carboxylic acid groups (broad SMARTS) is 1. The van der Waals surface area contributed by atoms with E-state index in [1.807, 2.05) is 24.3 Å². The maximum atomic E-state index is 12.0. The van der Waals surface area contributed by atoms with Gasteiger partial charge in [-0.3, -0.25) is 24.6 Å². The fraction of sp³-hybridized carbons (Fsp3) is 0.526. The first kappa shape index (κ1) is 18.4. The standard InChI is InChI=1S/C19H25N3O4/c23-17-8-7-16(19(26)20-17)14-3-5-15(6-4-14)22-12-10-21(11-13-22)9-1-2-18(24)25/h3-6,16H,1-2,7-13H2,(H,24,25)(H,20,23,26). The van der Waals surface area contributed by atoms with Gasteiger partial charge in [-0.15, -0.1) is 0 Å². The van der Waals surface area contributed by atoms with Crippen molar-refractivity contribution in [3.63, 3.8) is 0 Å². The van der Waals surface area contributed by atoms with Gasteiger partial charge in [0.15, 0.2) is 0 Å². The Bertz CT molecular complexity index is 666. The van der Waals surface area contributed by atoms with E-state index >= 15 is 0 Å². The first-order valence-corrected chi connectivity index (χ1v) is 9.15. The lowest BCUT2D eigenvalue weighted by Gasteiger charge is -2.36. The summed E-state index contributed by atoms with van der Waals surface area (Å²) in [5.41, 5.74) is 2.08. The van der Waals surface area contributed by atoms with E-state index in [1.165, 1.54) is 0 Å². The monoisotopic (exact) mass is 359 g/mol. The normalized spacial score (nSPS) is 21.5. The second-order valence-electron chi connectivity index (χ2n) is 6.92. The van der Waals surface area contributed by atoms with Crippen LogP contribution in [0.3, 0.4) is 0 Å². The van der Waals surface area contributed by atoms with Crippen molar-refractivity contribution < 1.29 is 19.5 Å². The molecule has 0 spiro atoms. The molecule has 26 heavy (non-hydrogen) atoms.